The van der Waals surface area contributed by atoms with Crippen LogP contribution in [0.1, 0.15) is 37.1 Å². The number of rotatable bonds is 4. The Balaban J connectivity index is 1.42. The molecule has 1 N–H and O–H groups in total. The van der Waals surface area contributed by atoms with Gasteiger partial charge in [-0.05, 0) is 45.7 Å². The largest absolute Gasteiger partial charge is 0.373 e. The maximum atomic E-state index is 11.5. The topological polar surface area (TPSA) is 59.4 Å². The zero-order valence-corrected chi connectivity index (χ0v) is 14.3. The van der Waals surface area contributed by atoms with Crippen molar-refractivity contribution in [3.8, 4) is 0 Å². The average Bonchev–Trinajstić information content (AvgIpc) is 2.74. The normalized spacial score (nSPS) is 22.1. The van der Waals surface area contributed by atoms with Gasteiger partial charge in [-0.25, -0.2) is 0 Å². The second-order valence-electron chi connectivity index (χ2n) is 6.90. The van der Waals surface area contributed by atoms with Crippen molar-refractivity contribution in [3.63, 3.8) is 0 Å². The predicted octanol–water partition coefficient (Wildman–Crippen LogP) is 1.26. The molecule has 1 aromatic heterocycles. The first kappa shape index (κ1) is 16.5. The molecule has 3 rings (SSSR count). The smallest absolute Gasteiger partial charge is 0.222 e. The first-order valence-electron chi connectivity index (χ1n) is 8.70. The monoisotopic (exact) mass is 320 g/mol. The van der Waals surface area contributed by atoms with Crippen LogP contribution in [0.15, 0.2) is 6.07 Å². The van der Waals surface area contributed by atoms with Crippen molar-refractivity contribution in [1.82, 2.24) is 20.0 Å². The standard InChI is InChI=1S/C17H28N4O2/c1-14-12-15(2)21(19-14)8-3-7-20-9-5-17(6-10-20)13-18-16(22)4-11-23-17/h12H,3-11,13H2,1-2H3,(H,18,22). The highest BCUT2D eigenvalue weighted by Crippen LogP contribution is 2.27. The summed E-state index contributed by atoms with van der Waals surface area (Å²) in [6.45, 7) is 9.56. The highest BCUT2D eigenvalue weighted by molar-refractivity contribution is 5.76. The number of carbonyl (C=O) groups is 1. The number of hydrogen-bond acceptors (Lipinski definition) is 4. The molecule has 0 saturated carbocycles. The highest BCUT2D eigenvalue weighted by atomic mass is 16.5. The van der Waals surface area contributed by atoms with Crippen molar-refractivity contribution in [2.24, 2.45) is 0 Å². The molecule has 2 fully saturated rings. The summed E-state index contributed by atoms with van der Waals surface area (Å²) in [6.07, 6.45) is 3.63. The van der Waals surface area contributed by atoms with Gasteiger partial charge in [-0.2, -0.15) is 5.10 Å². The number of carbonyl (C=O) groups excluding carboxylic acids is 1. The molecule has 1 aromatic rings. The Morgan fingerprint density at radius 3 is 2.78 bits per heavy atom. The minimum atomic E-state index is -0.127. The van der Waals surface area contributed by atoms with Gasteiger partial charge in [0.2, 0.25) is 5.91 Å². The van der Waals surface area contributed by atoms with Gasteiger partial charge in [0.15, 0.2) is 0 Å². The van der Waals surface area contributed by atoms with E-state index in [0.717, 1.165) is 51.1 Å². The second-order valence-corrected chi connectivity index (χ2v) is 6.90. The summed E-state index contributed by atoms with van der Waals surface area (Å²) in [5.41, 5.74) is 2.20. The second kappa shape index (κ2) is 7.01. The van der Waals surface area contributed by atoms with Crippen molar-refractivity contribution < 1.29 is 9.53 Å². The number of nitrogens with zero attached hydrogens (tertiary/aromatic N) is 3. The molecule has 0 radical (unpaired) electrons. The number of ether oxygens (including phenoxy) is 1. The molecule has 2 aliphatic heterocycles. The predicted molar refractivity (Wildman–Crippen MR) is 88.3 cm³/mol. The molecule has 2 saturated heterocycles. The number of hydrogen-bond donors (Lipinski definition) is 1. The summed E-state index contributed by atoms with van der Waals surface area (Å²) in [5, 5.41) is 7.52. The molecule has 6 nitrogen and oxygen atoms in total. The van der Waals surface area contributed by atoms with Gasteiger partial charge in [0.25, 0.3) is 0 Å². The fourth-order valence-corrected chi connectivity index (χ4v) is 3.61. The lowest BCUT2D eigenvalue weighted by Gasteiger charge is -2.40. The van der Waals surface area contributed by atoms with Crippen LogP contribution in [-0.4, -0.2) is 59.0 Å². The van der Waals surface area contributed by atoms with E-state index in [2.05, 4.69) is 33.0 Å². The SMILES string of the molecule is Cc1cc(C)n(CCCN2CCC3(CC2)CNC(=O)CCO3)n1. The molecule has 128 valence electrons. The minimum absolute atomic E-state index is 0.120. The van der Waals surface area contributed by atoms with Gasteiger partial charge < -0.3 is 15.0 Å². The van der Waals surface area contributed by atoms with E-state index in [9.17, 15) is 4.79 Å². The summed E-state index contributed by atoms with van der Waals surface area (Å²) >= 11 is 0. The fourth-order valence-electron chi connectivity index (χ4n) is 3.61. The van der Waals surface area contributed by atoms with E-state index >= 15 is 0 Å². The van der Waals surface area contributed by atoms with Crippen LogP contribution in [0.2, 0.25) is 0 Å². The van der Waals surface area contributed by atoms with Gasteiger partial charge in [-0.1, -0.05) is 0 Å². The first-order chi connectivity index (χ1) is 11.1. The lowest BCUT2D eigenvalue weighted by Crippen LogP contribution is -2.51. The number of aryl methyl sites for hydroxylation is 3. The fraction of sp³-hybridized carbons (Fsp3) is 0.765. The van der Waals surface area contributed by atoms with Crippen LogP contribution in [0.25, 0.3) is 0 Å². The molecule has 0 aromatic carbocycles. The van der Waals surface area contributed by atoms with E-state index in [1.165, 1.54) is 5.69 Å². The molecule has 3 heterocycles. The van der Waals surface area contributed by atoms with Crippen molar-refractivity contribution in [2.75, 3.05) is 32.8 Å². The van der Waals surface area contributed by atoms with Gasteiger partial charge in [-0.15, -0.1) is 0 Å². The van der Waals surface area contributed by atoms with E-state index < -0.39 is 0 Å². The Hall–Kier alpha value is -1.40. The molecule has 0 unspecified atom stereocenters. The molecule has 0 aliphatic carbocycles. The van der Waals surface area contributed by atoms with E-state index in [0.29, 0.717) is 19.6 Å². The van der Waals surface area contributed by atoms with Crippen LogP contribution in [0.5, 0.6) is 0 Å². The molecule has 23 heavy (non-hydrogen) atoms. The maximum absolute atomic E-state index is 11.5. The van der Waals surface area contributed by atoms with E-state index in [1.807, 2.05) is 6.92 Å². The molecule has 1 amide bonds. The molecule has 2 aliphatic rings. The molecular formula is C17H28N4O2. The number of likely N-dealkylation sites (tertiary alicyclic amines) is 1. The Morgan fingerprint density at radius 2 is 2.09 bits per heavy atom. The third-order valence-electron chi connectivity index (χ3n) is 5.06. The van der Waals surface area contributed by atoms with Gasteiger partial charge >= 0.3 is 0 Å². The Morgan fingerprint density at radius 1 is 1.30 bits per heavy atom. The third kappa shape index (κ3) is 4.12. The highest BCUT2D eigenvalue weighted by Gasteiger charge is 2.37. The lowest BCUT2D eigenvalue weighted by atomic mass is 9.91. The van der Waals surface area contributed by atoms with E-state index in [4.69, 9.17) is 4.74 Å². The molecule has 1 spiro atoms. The maximum Gasteiger partial charge on any atom is 0.222 e. The van der Waals surface area contributed by atoms with Crippen LogP contribution in [0.3, 0.4) is 0 Å². The number of amides is 1. The quantitative estimate of drug-likeness (QED) is 0.907. The summed E-state index contributed by atoms with van der Waals surface area (Å²) in [7, 11) is 0. The van der Waals surface area contributed by atoms with Crippen LogP contribution in [-0.2, 0) is 16.1 Å². The average molecular weight is 320 g/mol. The van der Waals surface area contributed by atoms with Gasteiger partial charge in [0.05, 0.1) is 17.9 Å². The van der Waals surface area contributed by atoms with E-state index in [-0.39, 0.29) is 11.5 Å². The minimum Gasteiger partial charge on any atom is -0.373 e. The van der Waals surface area contributed by atoms with Crippen LogP contribution in [0.4, 0.5) is 0 Å². The zero-order chi connectivity index (χ0) is 16.3. The first-order valence-corrected chi connectivity index (χ1v) is 8.70. The van der Waals surface area contributed by atoms with Crippen molar-refractivity contribution in [3.05, 3.63) is 17.5 Å². The summed E-state index contributed by atoms with van der Waals surface area (Å²) in [4.78, 5) is 14.0. The van der Waals surface area contributed by atoms with Crippen molar-refractivity contribution >= 4 is 5.91 Å². The van der Waals surface area contributed by atoms with Gasteiger partial charge in [0.1, 0.15) is 0 Å². The number of nitrogens with one attached hydrogen (secondary N) is 1. The van der Waals surface area contributed by atoms with E-state index in [1.54, 1.807) is 0 Å². The Labute approximate surface area is 138 Å². The summed E-state index contributed by atoms with van der Waals surface area (Å²) in [6, 6.07) is 2.13. The van der Waals surface area contributed by atoms with Crippen LogP contribution < -0.4 is 5.32 Å². The van der Waals surface area contributed by atoms with Crippen LogP contribution >= 0.6 is 0 Å². The Kier molecular flexibility index (Phi) is 5.02. The zero-order valence-electron chi connectivity index (χ0n) is 14.3. The third-order valence-corrected chi connectivity index (χ3v) is 5.06. The molecular weight excluding hydrogens is 292 g/mol. The number of piperidine rings is 1. The van der Waals surface area contributed by atoms with Crippen LogP contribution in [0, 0.1) is 13.8 Å². The summed E-state index contributed by atoms with van der Waals surface area (Å²) in [5.74, 6) is 0.120. The molecule has 6 heteroatoms. The van der Waals surface area contributed by atoms with Crippen molar-refractivity contribution in [1.29, 1.82) is 0 Å². The Bertz CT molecular complexity index is 547. The molecule has 0 atom stereocenters. The van der Waals surface area contributed by atoms with Crippen molar-refractivity contribution in [2.45, 2.75) is 51.7 Å². The lowest BCUT2D eigenvalue weighted by molar-refractivity contribution is -0.120. The van der Waals surface area contributed by atoms with Gasteiger partial charge in [-0.3, -0.25) is 9.48 Å². The molecule has 0 bridgehead atoms. The summed E-state index contributed by atoms with van der Waals surface area (Å²) < 4.78 is 8.12. The van der Waals surface area contributed by atoms with Gasteiger partial charge in [0, 0.05) is 38.3 Å². The number of aromatic nitrogens is 2.